The van der Waals surface area contributed by atoms with Gasteiger partial charge in [-0.05, 0) is 30.3 Å². The predicted octanol–water partition coefficient (Wildman–Crippen LogP) is 3.20. The maximum atomic E-state index is 11.3. The highest BCUT2D eigenvalue weighted by atomic mass is 35.5. The first-order valence-corrected chi connectivity index (χ1v) is 4.36. The summed E-state index contributed by atoms with van der Waals surface area (Å²) in [4.78, 5) is 11.3. The van der Waals surface area contributed by atoms with Gasteiger partial charge in [0.05, 0.1) is 11.8 Å². The summed E-state index contributed by atoms with van der Waals surface area (Å²) >= 11 is 5.66. The molecule has 1 aromatic rings. The van der Waals surface area contributed by atoms with Crippen LogP contribution in [0.3, 0.4) is 0 Å². The second-order valence-corrected chi connectivity index (χ2v) is 2.91. The molecule has 3 heteroatoms. The normalized spacial score (nSPS) is 10.1. The molecule has 0 spiro atoms. The lowest BCUT2D eigenvalue weighted by molar-refractivity contribution is 0.0663. The summed E-state index contributed by atoms with van der Waals surface area (Å²) in [5.74, 6) is -0.417. The average Bonchev–Trinajstić information content (AvgIpc) is 2.19. The minimum atomic E-state index is -0.417. The van der Waals surface area contributed by atoms with E-state index < -0.39 is 5.97 Å². The molecule has 0 aliphatic rings. The molecule has 1 aromatic carbocycles. The van der Waals surface area contributed by atoms with E-state index in [0.717, 1.165) is 0 Å². The number of ether oxygens (including phenoxy) is 1. The summed E-state index contributed by atoms with van der Waals surface area (Å²) in [6.07, 6.45) is 4.34. The largest absolute Gasteiger partial charge is 0.431 e. The van der Waals surface area contributed by atoms with Crippen molar-refractivity contribution in [1.82, 2.24) is 0 Å². The molecular weight excluding hydrogens is 200 g/mol. The molecule has 0 heterocycles. The SMILES string of the molecule is C=C/C=C\OC(=O)c1ccc(Cl)cc1. The molecular formula is C11H9ClO2. The molecule has 1 rings (SSSR count). The Morgan fingerprint density at radius 1 is 1.36 bits per heavy atom. The first-order chi connectivity index (χ1) is 6.74. The lowest BCUT2D eigenvalue weighted by atomic mass is 10.2. The highest BCUT2D eigenvalue weighted by Gasteiger charge is 2.03. The average molecular weight is 209 g/mol. The molecule has 0 amide bonds. The molecule has 0 aliphatic carbocycles. The van der Waals surface area contributed by atoms with Crippen LogP contribution in [0, 0.1) is 0 Å². The molecule has 0 unspecified atom stereocenters. The number of halogens is 1. The number of rotatable bonds is 3. The van der Waals surface area contributed by atoms with E-state index in [1.807, 2.05) is 0 Å². The van der Waals surface area contributed by atoms with Crippen molar-refractivity contribution in [2.75, 3.05) is 0 Å². The molecule has 0 fully saturated rings. The maximum Gasteiger partial charge on any atom is 0.342 e. The topological polar surface area (TPSA) is 26.3 Å². The van der Waals surface area contributed by atoms with Gasteiger partial charge in [0.1, 0.15) is 0 Å². The van der Waals surface area contributed by atoms with E-state index in [1.165, 1.54) is 18.4 Å². The third kappa shape index (κ3) is 3.07. The second kappa shape index (κ2) is 5.25. The van der Waals surface area contributed by atoms with E-state index >= 15 is 0 Å². The number of carbonyl (C=O) groups is 1. The molecule has 0 saturated heterocycles. The van der Waals surface area contributed by atoms with Crippen LogP contribution in [0.25, 0.3) is 0 Å². The Kier molecular flexibility index (Phi) is 3.95. The van der Waals surface area contributed by atoms with Crippen molar-refractivity contribution in [2.24, 2.45) is 0 Å². The zero-order chi connectivity index (χ0) is 10.4. The summed E-state index contributed by atoms with van der Waals surface area (Å²) in [7, 11) is 0. The highest BCUT2D eigenvalue weighted by molar-refractivity contribution is 6.30. The Bertz CT molecular complexity index is 352. The number of benzene rings is 1. The molecule has 0 aliphatic heterocycles. The van der Waals surface area contributed by atoms with Gasteiger partial charge in [-0.25, -0.2) is 4.79 Å². The van der Waals surface area contributed by atoms with Crippen LogP contribution in [0.4, 0.5) is 0 Å². The quantitative estimate of drug-likeness (QED) is 0.433. The smallest absolute Gasteiger partial charge is 0.342 e. The second-order valence-electron chi connectivity index (χ2n) is 2.48. The van der Waals surface area contributed by atoms with Crippen LogP contribution in [0.1, 0.15) is 10.4 Å². The number of carbonyl (C=O) groups excluding carboxylic acids is 1. The van der Waals surface area contributed by atoms with Crippen LogP contribution in [-0.2, 0) is 4.74 Å². The molecule has 0 atom stereocenters. The number of allylic oxidation sites excluding steroid dienone is 2. The third-order valence-electron chi connectivity index (χ3n) is 1.47. The monoisotopic (exact) mass is 208 g/mol. The molecule has 2 nitrogen and oxygen atoms in total. The van der Waals surface area contributed by atoms with E-state index in [2.05, 4.69) is 6.58 Å². The predicted molar refractivity (Wildman–Crippen MR) is 56.2 cm³/mol. The van der Waals surface area contributed by atoms with Gasteiger partial charge in [-0.15, -0.1) is 0 Å². The van der Waals surface area contributed by atoms with Crippen molar-refractivity contribution >= 4 is 17.6 Å². The Balaban J connectivity index is 2.65. The molecule has 72 valence electrons. The fourth-order valence-electron chi connectivity index (χ4n) is 0.811. The van der Waals surface area contributed by atoms with Crippen LogP contribution >= 0.6 is 11.6 Å². The van der Waals surface area contributed by atoms with Gasteiger partial charge in [0.15, 0.2) is 0 Å². The first kappa shape index (κ1) is 10.5. The first-order valence-electron chi connectivity index (χ1n) is 3.98. The van der Waals surface area contributed by atoms with Crippen molar-refractivity contribution in [3.63, 3.8) is 0 Å². The molecule has 14 heavy (non-hydrogen) atoms. The van der Waals surface area contributed by atoms with Gasteiger partial charge < -0.3 is 4.74 Å². The van der Waals surface area contributed by atoms with Gasteiger partial charge >= 0.3 is 5.97 Å². The number of hydrogen-bond acceptors (Lipinski definition) is 2. The van der Waals surface area contributed by atoms with Crippen LogP contribution in [-0.4, -0.2) is 5.97 Å². The van der Waals surface area contributed by atoms with Crippen LogP contribution in [0.2, 0.25) is 5.02 Å². The Labute approximate surface area is 87.5 Å². The van der Waals surface area contributed by atoms with Crippen LogP contribution in [0.5, 0.6) is 0 Å². The maximum absolute atomic E-state index is 11.3. The van der Waals surface area contributed by atoms with Crippen molar-refractivity contribution in [3.8, 4) is 0 Å². The van der Waals surface area contributed by atoms with Gasteiger partial charge in [-0.1, -0.05) is 24.3 Å². The summed E-state index contributed by atoms with van der Waals surface area (Å²) in [5.41, 5.74) is 0.461. The van der Waals surface area contributed by atoms with Gasteiger partial charge in [-0.3, -0.25) is 0 Å². The third-order valence-corrected chi connectivity index (χ3v) is 1.72. The van der Waals surface area contributed by atoms with Crippen LogP contribution < -0.4 is 0 Å². The van der Waals surface area contributed by atoms with Crippen molar-refractivity contribution in [3.05, 3.63) is 59.8 Å². The minimum absolute atomic E-state index is 0.417. The summed E-state index contributed by atoms with van der Waals surface area (Å²) in [6.45, 7) is 3.45. The van der Waals surface area contributed by atoms with Gasteiger partial charge in [-0.2, -0.15) is 0 Å². The number of esters is 1. The van der Waals surface area contributed by atoms with Crippen molar-refractivity contribution < 1.29 is 9.53 Å². The fraction of sp³-hybridized carbons (Fsp3) is 0. The van der Waals surface area contributed by atoms with E-state index in [-0.39, 0.29) is 0 Å². The number of hydrogen-bond donors (Lipinski definition) is 0. The lowest BCUT2D eigenvalue weighted by Gasteiger charge is -1.98. The van der Waals surface area contributed by atoms with Gasteiger partial charge in [0.25, 0.3) is 0 Å². The molecule has 0 N–H and O–H groups in total. The lowest BCUT2D eigenvalue weighted by Crippen LogP contribution is -1.99. The van der Waals surface area contributed by atoms with Crippen molar-refractivity contribution in [1.29, 1.82) is 0 Å². The minimum Gasteiger partial charge on any atom is -0.431 e. The van der Waals surface area contributed by atoms with Gasteiger partial charge in [0, 0.05) is 5.02 Å². The standard InChI is InChI=1S/C11H9ClO2/c1-2-3-8-14-11(13)9-4-6-10(12)7-5-9/h2-8H,1H2/b8-3-. The summed E-state index contributed by atoms with van der Waals surface area (Å²) in [6, 6.07) is 6.48. The van der Waals surface area contributed by atoms with E-state index in [1.54, 1.807) is 24.3 Å². The summed E-state index contributed by atoms with van der Waals surface area (Å²) in [5, 5.41) is 0.586. The van der Waals surface area contributed by atoms with Crippen molar-refractivity contribution in [2.45, 2.75) is 0 Å². The Morgan fingerprint density at radius 2 is 2.00 bits per heavy atom. The molecule has 0 bridgehead atoms. The van der Waals surface area contributed by atoms with Crippen LogP contribution in [0.15, 0.2) is 49.3 Å². The highest BCUT2D eigenvalue weighted by Crippen LogP contribution is 2.10. The van der Waals surface area contributed by atoms with E-state index in [9.17, 15) is 4.79 Å². The Morgan fingerprint density at radius 3 is 2.57 bits per heavy atom. The molecule has 0 saturated carbocycles. The zero-order valence-corrected chi connectivity index (χ0v) is 8.20. The Hall–Kier alpha value is -1.54. The van der Waals surface area contributed by atoms with E-state index in [4.69, 9.17) is 16.3 Å². The molecule has 0 aromatic heterocycles. The zero-order valence-electron chi connectivity index (χ0n) is 7.44. The van der Waals surface area contributed by atoms with E-state index in [0.29, 0.717) is 10.6 Å². The summed E-state index contributed by atoms with van der Waals surface area (Å²) < 4.78 is 4.77. The fourth-order valence-corrected chi connectivity index (χ4v) is 0.937. The van der Waals surface area contributed by atoms with Gasteiger partial charge in [0.2, 0.25) is 0 Å². The molecule has 0 radical (unpaired) electrons.